The fourth-order valence-corrected chi connectivity index (χ4v) is 3.21. The van der Waals surface area contributed by atoms with Crippen LogP contribution < -0.4 is 5.32 Å². The summed E-state index contributed by atoms with van der Waals surface area (Å²) in [4.78, 5) is 14.7. The van der Waals surface area contributed by atoms with E-state index in [2.05, 4.69) is 16.3 Å². The number of benzene rings is 2. The summed E-state index contributed by atoms with van der Waals surface area (Å²) >= 11 is 0. The molecule has 4 heteroatoms. The van der Waals surface area contributed by atoms with Gasteiger partial charge in [0, 0.05) is 31.7 Å². The van der Waals surface area contributed by atoms with Crippen LogP contribution in [0.1, 0.15) is 30.4 Å². The summed E-state index contributed by atoms with van der Waals surface area (Å²) in [5, 5.41) is 12.7. The van der Waals surface area contributed by atoms with E-state index in [1.165, 1.54) is 5.56 Å². The van der Waals surface area contributed by atoms with Gasteiger partial charge in [0.15, 0.2) is 0 Å². The second-order valence-electron chi connectivity index (χ2n) is 6.70. The highest BCUT2D eigenvalue weighted by Gasteiger charge is 2.18. The molecule has 0 unspecified atom stereocenters. The van der Waals surface area contributed by atoms with Gasteiger partial charge in [0.25, 0.3) is 0 Å². The molecule has 0 atom stereocenters. The van der Waals surface area contributed by atoms with E-state index in [1.807, 2.05) is 48.5 Å². The number of likely N-dealkylation sites (tertiary alicyclic amines) is 1. The fourth-order valence-electron chi connectivity index (χ4n) is 3.21. The number of nitrogens with one attached hydrogen (secondary N) is 1. The van der Waals surface area contributed by atoms with Crippen molar-refractivity contribution < 1.29 is 9.90 Å². The predicted octanol–water partition coefficient (Wildman–Crippen LogP) is 3.21. The van der Waals surface area contributed by atoms with Crippen molar-refractivity contribution in [2.24, 2.45) is 0 Å². The Kier molecular flexibility index (Phi) is 6.20. The first-order chi connectivity index (χ1) is 12.2. The number of carbonyl (C=O) groups excluding carboxylic acids is 1. The van der Waals surface area contributed by atoms with Gasteiger partial charge >= 0.3 is 0 Å². The van der Waals surface area contributed by atoms with E-state index in [-0.39, 0.29) is 12.0 Å². The zero-order valence-corrected chi connectivity index (χ0v) is 14.5. The maximum Gasteiger partial charge on any atom is 0.224 e. The summed E-state index contributed by atoms with van der Waals surface area (Å²) in [6.07, 6.45) is 2.72. The first-order valence-corrected chi connectivity index (χ1v) is 9.03. The van der Waals surface area contributed by atoms with Crippen molar-refractivity contribution in [2.75, 3.05) is 18.4 Å². The molecule has 4 nitrogen and oxygen atoms in total. The fraction of sp³-hybridized carbons (Fsp3) is 0.381. The molecule has 0 aromatic heterocycles. The lowest BCUT2D eigenvalue weighted by atomic mass is 10.1. The Labute approximate surface area is 149 Å². The number of piperidine rings is 1. The van der Waals surface area contributed by atoms with Gasteiger partial charge in [-0.2, -0.15) is 0 Å². The maximum absolute atomic E-state index is 12.3. The molecule has 0 spiro atoms. The van der Waals surface area contributed by atoms with E-state index in [0.717, 1.165) is 50.1 Å². The number of nitrogens with zero attached hydrogens (tertiary/aromatic N) is 1. The van der Waals surface area contributed by atoms with Crippen LogP contribution in [0.25, 0.3) is 0 Å². The van der Waals surface area contributed by atoms with E-state index in [1.54, 1.807) is 0 Å². The quantitative estimate of drug-likeness (QED) is 0.850. The largest absolute Gasteiger partial charge is 0.393 e. The normalized spacial score (nSPS) is 15.9. The topological polar surface area (TPSA) is 52.6 Å². The number of aliphatic hydroxyl groups excluding tert-OH is 1. The van der Waals surface area contributed by atoms with Crippen molar-refractivity contribution in [3.05, 3.63) is 65.7 Å². The SMILES string of the molecule is O=C(CCc1ccccc1)Nc1ccccc1CN1CCC(O)CC1. The van der Waals surface area contributed by atoms with E-state index < -0.39 is 0 Å². The number of amides is 1. The molecule has 0 bridgehead atoms. The first-order valence-electron chi connectivity index (χ1n) is 9.03. The standard InChI is InChI=1S/C21H26N2O2/c24-19-12-14-23(15-13-19)16-18-8-4-5-9-20(18)22-21(25)11-10-17-6-2-1-3-7-17/h1-9,19,24H,10-16H2,(H,22,25). The average molecular weight is 338 g/mol. The van der Waals surface area contributed by atoms with Gasteiger partial charge in [-0.05, 0) is 36.5 Å². The van der Waals surface area contributed by atoms with Crippen LogP contribution in [0.2, 0.25) is 0 Å². The molecule has 3 rings (SSSR count). The molecule has 2 aromatic carbocycles. The van der Waals surface area contributed by atoms with Crippen LogP contribution in [-0.4, -0.2) is 35.1 Å². The number of rotatable bonds is 6. The minimum absolute atomic E-state index is 0.0466. The monoisotopic (exact) mass is 338 g/mol. The van der Waals surface area contributed by atoms with Gasteiger partial charge in [-0.3, -0.25) is 9.69 Å². The number of anilines is 1. The first kappa shape index (κ1) is 17.6. The summed E-state index contributed by atoms with van der Waals surface area (Å²) < 4.78 is 0. The zero-order valence-electron chi connectivity index (χ0n) is 14.5. The van der Waals surface area contributed by atoms with Crippen LogP contribution in [-0.2, 0) is 17.8 Å². The minimum Gasteiger partial charge on any atom is -0.393 e. The highest BCUT2D eigenvalue weighted by atomic mass is 16.3. The van der Waals surface area contributed by atoms with Crippen LogP contribution >= 0.6 is 0 Å². The number of carbonyl (C=O) groups is 1. The molecule has 2 aromatic rings. The molecule has 1 fully saturated rings. The highest BCUT2D eigenvalue weighted by molar-refractivity contribution is 5.91. The van der Waals surface area contributed by atoms with Gasteiger partial charge in [0.05, 0.1) is 6.10 Å². The zero-order chi connectivity index (χ0) is 17.5. The second-order valence-corrected chi connectivity index (χ2v) is 6.70. The van der Waals surface area contributed by atoms with Crippen molar-refractivity contribution in [3.8, 4) is 0 Å². The Morgan fingerprint density at radius 1 is 1.04 bits per heavy atom. The third-order valence-electron chi connectivity index (χ3n) is 4.73. The van der Waals surface area contributed by atoms with Crippen LogP contribution in [0.15, 0.2) is 54.6 Å². The molecule has 25 heavy (non-hydrogen) atoms. The lowest BCUT2D eigenvalue weighted by molar-refractivity contribution is -0.116. The summed E-state index contributed by atoms with van der Waals surface area (Å²) in [6.45, 7) is 2.61. The smallest absolute Gasteiger partial charge is 0.224 e. The number of aryl methyl sites for hydroxylation is 1. The molecule has 1 amide bonds. The van der Waals surface area contributed by atoms with Crippen molar-refractivity contribution >= 4 is 11.6 Å². The molecular formula is C21H26N2O2. The number of para-hydroxylation sites is 1. The third-order valence-corrected chi connectivity index (χ3v) is 4.73. The molecule has 1 saturated heterocycles. The van der Waals surface area contributed by atoms with Gasteiger partial charge < -0.3 is 10.4 Å². The van der Waals surface area contributed by atoms with Crippen LogP contribution in [0, 0.1) is 0 Å². The van der Waals surface area contributed by atoms with E-state index >= 15 is 0 Å². The summed E-state index contributed by atoms with van der Waals surface area (Å²) in [7, 11) is 0. The summed E-state index contributed by atoms with van der Waals surface area (Å²) in [5.41, 5.74) is 3.21. The highest BCUT2D eigenvalue weighted by Crippen LogP contribution is 2.20. The maximum atomic E-state index is 12.3. The Balaban J connectivity index is 1.56. The Morgan fingerprint density at radius 2 is 1.72 bits per heavy atom. The molecule has 132 valence electrons. The average Bonchev–Trinajstić information content (AvgIpc) is 2.64. The van der Waals surface area contributed by atoms with Crippen molar-refractivity contribution in [3.63, 3.8) is 0 Å². The Morgan fingerprint density at radius 3 is 2.48 bits per heavy atom. The van der Waals surface area contributed by atoms with Crippen molar-refractivity contribution in [1.29, 1.82) is 0 Å². The van der Waals surface area contributed by atoms with Gasteiger partial charge in [0.1, 0.15) is 0 Å². The molecule has 0 saturated carbocycles. The molecular weight excluding hydrogens is 312 g/mol. The summed E-state index contributed by atoms with van der Waals surface area (Å²) in [6, 6.07) is 18.1. The third kappa shape index (κ3) is 5.41. The van der Waals surface area contributed by atoms with E-state index in [0.29, 0.717) is 6.42 Å². The van der Waals surface area contributed by atoms with Crippen molar-refractivity contribution in [2.45, 2.75) is 38.3 Å². The van der Waals surface area contributed by atoms with E-state index in [9.17, 15) is 9.90 Å². The molecule has 1 aliphatic heterocycles. The van der Waals surface area contributed by atoms with Gasteiger partial charge in [-0.1, -0.05) is 48.5 Å². The minimum atomic E-state index is -0.163. The van der Waals surface area contributed by atoms with Gasteiger partial charge in [-0.15, -0.1) is 0 Å². The molecule has 0 aliphatic carbocycles. The van der Waals surface area contributed by atoms with E-state index in [4.69, 9.17) is 0 Å². The number of aliphatic hydroxyl groups is 1. The van der Waals surface area contributed by atoms with Gasteiger partial charge in [-0.25, -0.2) is 0 Å². The molecule has 1 aliphatic rings. The summed E-state index contributed by atoms with van der Waals surface area (Å²) in [5.74, 6) is 0.0466. The predicted molar refractivity (Wildman–Crippen MR) is 100 cm³/mol. The van der Waals surface area contributed by atoms with Crippen LogP contribution in [0.3, 0.4) is 0 Å². The lowest BCUT2D eigenvalue weighted by Crippen LogP contribution is -2.35. The Hall–Kier alpha value is -2.17. The molecule has 2 N–H and O–H groups in total. The lowest BCUT2D eigenvalue weighted by Gasteiger charge is -2.30. The number of hydrogen-bond acceptors (Lipinski definition) is 3. The van der Waals surface area contributed by atoms with Crippen molar-refractivity contribution in [1.82, 2.24) is 4.90 Å². The van der Waals surface area contributed by atoms with Gasteiger partial charge in [0.2, 0.25) is 5.91 Å². The number of hydrogen-bond donors (Lipinski definition) is 2. The second kappa shape index (κ2) is 8.79. The molecule has 1 heterocycles. The van der Waals surface area contributed by atoms with Crippen LogP contribution in [0.5, 0.6) is 0 Å². The van der Waals surface area contributed by atoms with Crippen LogP contribution in [0.4, 0.5) is 5.69 Å². The Bertz CT molecular complexity index is 679. The molecule has 0 radical (unpaired) electrons.